The molecule has 60 heavy (non-hydrogen) atoms. The molecule has 0 aromatic rings. The molecule has 1 unspecified atom stereocenters. The molecule has 0 radical (unpaired) electrons. The van der Waals surface area contributed by atoms with E-state index in [2.05, 4.69) is 69.4 Å². The van der Waals surface area contributed by atoms with Crippen molar-refractivity contribution in [2.75, 3.05) is 13.2 Å². The van der Waals surface area contributed by atoms with Crippen LogP contribution in [-0.2, 0) is 28.6 Å². The first-order valence-electron chi connectivity index (χ1n) is 25.6. The summed E-state index contributed by atoms with van der Waals surface area (Å²) in [7, 11) is 0. The number of rotatable bonds is 46. The van der Waals surface area contributed by atoms with Crippen molar-refractivity contribution in [3.63, 3.8) is 0 Å². The molecule has 0 amide bonds. The van der Waals surface area contributed by atoms with Gasteiger partial charge in [-0.2, -0.15) is 0 Å². The maximum Gasteiger partial charge on any atom is 0.306 e. The van der Waals surface area contributed by atoms with E-state index in [4.69, 9.17) is 14.2 Å². The predicted molar refractivity (Wildman–Crippen MR) is 256 cm³/mol. The summed E-state index contributed by atoms with van der Waals surface area (Å²) in [5.74, 6) is -0.908. The molecule has 0 fully saturated rings. The number of esters is 3. The van der Waals surface area contributed by atoms with E-state index in [1.165, 1.54) is 122 Å². The lowest BCUT2D eigenvalue weighted by molar-refractivity contribution is -0.167. The van der Waals surface area contributed by atoms with E-state index < -0.39 is 6.10 Å². The van der Waals surface area contributed by atoms with E-state index in [-0.39, 0.29) is 31.1 Å². The summed E-state index contributed by atoms with van der Waals surface area (Å²) >= 11 is 0. The zero-order valence-electron chi connectivity index (χ0n) is 39.7. The van der Waals surface area contributed by atoms with Crippen LogP contribution in [0.2, 0.25) is 0 Å². The van der Waals surface area contributed by atoms with E-state index in [1.54, 1.807) is 0 Å². The van der Waals surface area contributed by atoms with Gasteiger partial charge in [-0.25, -0.2) is 0 Å². The second-order valence-corrected chi connectivity index (χ2v) is 17.1. The van der Waals surface area contributed by atoms with Gasteiger partial charge in [-0.1, -0.05) is 211 Å². The Balaban J connectivity index is 4.40. The minimum atomic E-state index is -0.784. The minimum absolute atomic E-state index is 0.0828. The zero-order chi connectivity index (χ0) is 43.7. The van der Waals surface area contributed by atoms with Crippen LogP contribution in [0.25, 0.3) is 0 Å². The smallest absolute Gasteiger partial charge is 0.306 e. The van der Waals surface area contributed by atoms with Crippen molar-refractivity contribution in [2.24, 2.45) is 0 Å². The molecular formula is C54H96O6. The summed E-state index contributed by atoms with van der Waals surface area (Å²) in [6.07, 6.45) is 58.1. The second kappa shape index (κ2) is 49.0. The molecule has 0 spiro atoms. The minimum Gasteiger partial charge on any atom is -0.462 e. The van der Waals surface area contributed by atoms with Crippen LogP contribution in [0.3, 0.4) is 0 Å². The molecule has 348 valence electrons. The van der Waals surface area contributed by atoms with Gasteiger partial charge in [-0.3, -0.25) is 14.4 Å². The largest absolute Gasteiger partial charge is 0.462 e. The maximum absolute atomic E-state index is 12.8. The van der Waals surface area contributed by atoms with Gasteiger partial charge >= 0.3 is 17.9 Å². The summed E-state index contributed by atoms with van der Waals surface area (Å²) in [6, 6.07) is 0. The summed E-state index contributed by atoms with van der Waals surface area (Å²) in [5, 5.41) is 0. The third kappa shape index (κ3) is 46.4. The monoisotopic (exact) mass is 841 g/mol. The maximum atomic E-state index is 12.8. The van der Waals surface area contributed by atoms with Crippen molar-refractivity contribution >= 4 is 17.9 Å². The number of hydrogen-bond acceptors (Lipinski definition) is 6. The first-order chi connectivity index (χ1) is 29.5. The lowest BCUT2D eigenvalue weighted by Gasteiger charge is -2.18. The topological polar surface area (TPSA) is 78.9 Å². The van der Waals surface area contributed by atoms with Crippen LogP contribution in [0, 0.1) is 0 Å². The molecule has 0 aromatic heterocycles. The number of carbonyl (C=O) groups is 3. The first kappa shape index (κ1) is 57.4. The van der Waals surface area contributed by atoms with Crippen LogP contribution in [0.15, 0.2) is 48.6 Å². The van der Waals surface area contributed by atoms with Gasteiger partial charge in [0.25, 0.3) is 0 Å². The molecule has 0 saturated heterocycles. The van der Waals surface area contributed by atoms with Crippen molar-refractivity contribution in [1.82, 2.24) is 0 Å². The van der Waals surface area contributed by atoms with Gasteiger partial charge < -0.3 is 14.2 Å². The molecule has 0 rings (SSSR count). The highest BCUT2D eigenvalue weighted by Gasteiger charge is 2.19. The summed E-state index contributed by atoms with van der Waals surface area (Å²) in [4.78, 5) is 37.9. The van der Waals surface area contributed by atoms with Gasteiger partial charge in [-0.15, -0.1) is 0 Å². The first-order valence-corrected chi connectivity index (χ1v) is 25.6. The highest BCUT2D eigenvalue weighted by molar-refractivity contribution is 5.71. The van der Waals surface area contributed by atoms with Crippen LogP contribution < -0.4 is 0 Å². The van der Waals surface area contributed by atoms with E-state index >= 15 is 0 Å². The van der Waals surface area contributed by atoms with Gasteiger partial charge in [-0.05, 0) is 77.0 Å². The number of allylic oxidation sites excluding steroid dienone is 8. The quantitative estimate of drug-likeness (QED) is 0.0263. The number of unbranched alkanes of at least 4 members (excludes halogenated alkanes) is 27. The zero-order valence-corrected chi connectivity index (χ0v) is 39.7. The van der Waals surface area contributed by atoms with Gasteiger partial charge in [0.05, 0.1) is 0 Å². The normalized spacial score (nSPS) is 12.4. The standard InChI is InChI=1S/C54H96O6/c1-4-7-10-13-16-19-22-25-27-28-30-32-35-38-41-44-47-53(56)59-50-51(49-58-52(55)46-43-40-37-34-31-24-21-18-15-12-9-6-3)60-54(57)48-45-42-39-36-33-29-26-23-20-17-14-11-8-5-2/h8,11,17,20,26-29,51H,4-7,9-10,12-16,18-19,21-25,30-50H2,1-3H3/b11-8-,20-17-,28-27-,29-26-. The average molecular weight is 841 g/mol. The van der Waals surface area contributed by atoms with E-state index in [0.29, 0.717) is 19.3 Å². The number of hydrogen-bond donors (Lipinski definition) is 0. The molecule has 0 bridgehead atoms. The molecule has 0 aliphatic carbocycles. The molecule has 0 aliphatic rings. The number of ether oxygens (including phenoxy) is 3. The Hall–Kier alpha value is -2.63. The molecular weight excluding hydrogens is 745 g/mol. The molecule has 6 nitrogen and oxygen atoms in total. The summed E-state index contributed by atoms with van der Waals surface area (Å²) in [6.45, 7) is 6.50. The van der Waals surface area contributed by atoms with Gasteiger partial charge in [0, 0.05) is 19.3 Å². The third-order valence-corrected chi connectivity index (χ3v) is 11.1. The molecule has 0 N–H and O–H groups in total. The fourth-order valence-corrected chi connectivity index (χ4v) is 7.22. The van der Waals surface area contributed by atoms with Crippen molar-refractivity contribution in [2.45, 2.75) is 264 Å². The SMILES string of the molecule is CC/C=C\C/C=C\C/C=C\CCCCCCC(=O)OC(COC(=O)CCCCCCC/C=C\CCCCCCCCC)COC(=O)CCCCCCCCCCCCCC. The van der Waals surface area contributed by atoms with Crippen LogP contribution >= 0.6 is 0 Å². The van der Waals surface area contributed by atoms with Gasteiger partial charge in [0.1, 0.15) is 13.2 Å². The fourth-order valence-electron chi connectivity index (χ4n) is 7.22. The number of carbonyl (C=O) groups excluding carboxylic acids is 3. The molecule has 0 aromatic carbocycles. The van der Waals surface area contributed by atoms with E-state index in [1.807, 2.05) is 0 Å². The molecule has 6 heteroatoms. The summed E-state index contributed by atoms with van der Waals surface area (Å²) < 4.78 is 16.8. The average Bonchev–Trinajstić information content (AvgIpc) is 3.24. The van der Waals surface area contributed by atoms with Crippen molar-refractivity contribution < 1.29 is 28.6 Å². The second-order valence-electron chi connectivity index (χ2n) is 17.1. The Morgan fingerprint density at radius 3 is 1.03 bits per heavy atom. The fraction of sp³-hybridized carbons (Fsp3) is 0.796. The van der Waals surface area contributed by atoms with Crippen LogP contribution in [0.4, 0.5) is 0 Å². The van der Waals surface area contributed by atoms with E-state index in [9.17, 15) is 14.4 Å². The van der Waals surface area contributed by atoms with Crippen molar-refractivity contribution in [1.29, 1.82) is 0 Å². The third-order valence-electron chi connectivity index (χ3n) is 11.1. The Morgan fingerprint density at radius 1 is 0.350 bits per heavy atom. The lowest BCUT2D eigenvalue weighted by atomic mass is 10.0. The molecule has 0 saturated carbocycles. The summed E-state index contributed by atoms with van der Waals surface area (Å²) in [5.41, 5.74) is 0. The van der Waals surface area contributed by atoms with Crippen molar-refractivity contribution in [3.8, 4) is 0 Å². The van der Waals surface area contributed by atoms with Crippen LogP contribution in [0.1, 0.15) is 258 Å². The lowest BCUT2D eigenvalue weighted by Crippen LogP contribution is -2.30. The Kier molecular flexibility index (Phi) is 46.9. The van der Waals surface area contributed by atoms with Gasteiger partial charge in [0.15, 0.2) is 6.10 Å². The Labute approximate surface area is 371 Å². The molecule has 1 atom stereocenters. The highest BCUT2D eigenvalue weighted by Crippen LogP contribution is 2.15. The van der Waals surface area contributed by atoms with Crippen molar-refractivity contribution in [3.05, 3.63) is 48.6 Å². The Morgan fingerprint density at radius 2 is 0.650 bits per heavy atom. The molecule has 0 heterocycles. The van der Waals surface area contributed by atoms with Gasteiger partial charge in [0.2, 0.25) is 0 Å². The Bertz CT molecular complexity index is 1060. The highest BCUT2D eigenvalue weighted by atomic mass is 16.6. The van der Waals surface area contributed by atoms with Crippen LogP contribution in [-0.4, -0.2) is 37.2 Å². The predicted octanol–water partition coefficient (Wildman–Crippen LogP) is 16.7. The van der Waals surface area contributed by atoms with Crippen LogP contribution in [0.5, 0.6) is 0 Å². The molecule has 0 aliphatic heterocycles. The van der Waals surface area contributed by atoms with E-state index in [0.717, 1.165) is 96.3 Å².